The topological polar surface area (TPSA) is 12.5 Å². The zero-order valence-corrected chi connectivity index (χ0v) is 14.3. The predicted molar refractivity (Wildman–Crippen MR) is 98.8 cm³/mol. The van der Waals surface area contributed by atoms with E-state index in [9.17, 15) is 0 Å². The summed E-state index contributed by atoms with van der Waals surface area (Å²) in [5.74, 6) is 0. The first-order chi connectivity index (χ1) is 11.8. The Labute approximate surface area is 144 Å². The highest BCUT2D eigenvalue weighted by Crippen LogP contribution is 2.33. The third-order valence-corrected chi connectivity index (χ3v) is 5.26. The number of rotatable bonds is 4. The van der Waals surface area contributed by atoms with Crippen LogP contribution in [0.4, 0.5) is 0 Å². The fourth-order valence-electron chi connectivity index (χ4n) is 3.91. The van der Waals surface area contributed by atoms with Gasteiger partial charge in [0.05, 0.1) is 19.3 Å². The summed E-state index contributed by atoms with van der Waals surface area (Å²) in [4.78, 5) is 2.62. The van der Waals surface area contributed by atoms with Crippen LogP contribution in [0.15, 0.2) is 60.7 Å². The average Bonchev–Trinajstić information content (AvgIpc) is 2.62. The third kappa shape index (κ3) is 3.17. The summed E-state index contributed by atoms with van der Waals surface area (Å²) >= 11 is 0. The molecule has 2 nitrogen and oxygen atoms in total. The number of hydrogen-bond acceptors (Lipinski definition) is 2. The lowest BCUT2D eigenvalue weighted by Crippen LogP contribution is -2.53. The maximum absolute atomic E-state index is 5.85. The van der Waals surface area contributed by atoms with Gasteiger partial charge in [0.2, 0.25) is 0 Å². The Morgan fingerprint density at radius 2 is 1.83 bits per heavy atom. The lowest BCUT2D eigenvalue weighted by atomic mass is 9.88. The van der Waals surface area contributed by atoms with Crippen molar-refractivity contribution in [2.75, 3.05) is 13.2 Å². The van der Waals surface area contributed by atoms with Crippen LogP contribution in [0.5, 0.6) is 0 Å². The number of benzene rings is 2. The molecule has 2 bridgehead atoms. The highest BCUT2D eigenvalue weighted by Gasteiger charge is 2.34. The predicted octanol–water partition coefficient (Wildman–Crippen LogP) is 4.31. The van der Waals surface area contributed by atoms with Crippen molar-refractivity contribution in [2.24, 2.45) is 0 Å². The number of ether oxygens (including phenoxy) is 1. The van der Waals surface area contributed by atoms with E-state index < -0.39 is 0 Å². The van der Waals surface area contributed by atoms with Crippen LogP contribution in [0.3, 0.4) is 0 Å². The second-order valence-corrected chi connectivity index (χ2v) is 6.87. The summed E-state index contributed by atoms with van der Waals surface area (Å²) < 4.78 is 5.85. The molecule has 2 aromatic rings. The minimum atomic E-state index is 0.387. The van der Waals surface area contributed by atoms with E-state index in [-0.39, 0.29) is 0 Å². The van der Waals surface area contributed by atoms with E-state index in [1.807, 2.05) is 0 Å². The Kier molecular flexibility index (Phi) is 4.50. The fraction of sp³-hybridized carbons (Fsp3) is 0.364. The van der Waals surface area contributed by atoms with Gasteiger partial charge in [-0.3, -0.25) is 4.90 Å². The third-order valence-electron chi connectivity index (χ3n) is 5.26. The van der Waals surface area contributed by atoms with E-state index in [1.165, 1.54) is 22.3 Å². The van der Waals surface area contributed by atoms with Crippen molar-refractivity contribution in [2.45, 2.75) is 38.4 Å². The van der Waals surface area contributed by atoms with E-state index in [4.69, 9.17) is 4.74 Å². The van der Waals surface area contributed by atoms with E-state index in [0.29, 0.717) is 12.1 Å². The Balaban J connectivity index is 1.59. The molecule has 2 heteroatoms. The number of morpholine rings is 1. The molecule has 2 atom stereocenters. The second-order valence-electron chi connectivity index (χ2n) is 6.87. The van der Waals surface area contributed by atoms with Crippen LogP contribution < -0.4 is 0 Å². The molecular formula is C22H25NO. The number of hydrogen-bond donors (Lipinski definition) is 0. The monoisotopic (exact) mass is 319 g/mol. The fourth-order valence-corrected chi connectivity index (χ4v) is 3.91. The van der Waals surface area contributed by atoms with Crippen molar-refractivity contribution >= 4 is 5.57 Å². The van der Waals surface area contributed by atoms with Crippen LogP contribution in [0.2, 0.25) is 0 Å². The van der Waals surface area contributed by atoms with E-state index >= 15 is 0 Å². The second kappa shape index (κ2) is 6.92. The van der Waals surface area contributed by atoms with Gasteiger partial charge >= 0.3 is 0 Å². The van der Waals surface area contributed by atoms with Gasteiger partial charge in [-0.1, -0.05) is 67.6 Å². The molecular weight excluding hydrogens is 294 g/mol. The first kappa shape index (κ1) is 15.6. The number of nitrogens with zero attached hydrogens (tertiary/aromatic N) is 1. The largest absolute Gasteiger partial charge is 0.378 e. The minimum Gasteiger partial charge on any atom is -0.378 e. The summed E-state index contributed by atoms with van der Waals surface area (Å²) in [5.41, 5.74) is 5.69. The summed E-state index contributed by atoms with van der Waals surface area (Å²) in [6, 6.07) is 20.7. The molecule has 24 heavy (non-hydrogen) atoms. The van der Waals surface area contributed by atoms with E-state index in [1.54, 1.807) is 0 Å². The van der Waals surface area contributed by atoms with Gasteiger partial charge in [0.1, 0.15) is 0 Å². The molecule has 0 N–H and O–H groups in total. The summed E-state index contributed by atoms with van der Waals surface area (Å²) in [6.07, 6.45) is 4.61. The zero-order valence-electron chi connectivity index (χ0n) is 14.3. The van der Waals surface area contributed by atoms with E-state index in [2.05, 4.69) is 72.5 Å². The van der Waals surface area contributed by atoms with Crippen LogP contribution in [0, 0.1) is 0 Å². The maximum Gasteiger partial charge on any atom is 0.0658 e. The molecule has 0 aliphatic carbocycles. The van der Waals surface area contributed by atoms with Crippen molar-refractivity contribution < 1.29 is 4.74 Å². The van der Waals surface area contributed by atoms with Crippen molar-refractivity contribution in [3.8, 4) is 0 Å². The quantitative estimate of drug-likeness (QED) is 0.833. The molecule has 2 aromatic carbocycles. The highest BCUT2D eigenvalue weighted by molar-refractivity contribution is 5.68. The Morgan fingerprint density at radius 1 is 1.00 bits per heavy atom. The summed E-state index contributed by atoms with van der Waals surface area (Å²) in [7, 11) is 0. The molecule has 0 aromatic heterocycles. The minimum absolute atomic E-state index is 0.387. The van der Waals surface area contributed by atoms with Gasteiger partial charge in [-0.15, -0.1) is 0 Å². The molecule has 0 saturated carbocycles. The molecule has 0 spiro atoms. The van der Waals surface area contributed by atoms with Crippen molar-refractivity contribution in [3.05, 3.63) is 77.4 Å². The smallest absolute Gasteiger partial charge is 0.0658 e. The number of aryl methyl sites for hydroxylation is 1. The van der Waals surface area contributed by atoms with Gasteiger partial charge in [-0.2, -0.15) is 0 Å². The standard InChI is InChI=1S/C22H25NO/c1-2-17-9-6-10-19(11-17)20-12-21-15-24-16-22(13-20)23(21)14-18-7-4-3-5-8-18/h3-12,21-22H,2,13-16H2,1H3. The van der Waals surface area contributed by atoms with Gasteiger partial charge in [0.25, 0.3) is 0 Å². The van der Waals surface area contributed by atoms with Gasteiger partial charge in [-0.25, -0.2) is 0 Å². The van der Waals surface area contributed by atoms with Crippen LogP contribution in [0.25, 0.3) is 5.57 Å². The van der Waals surface area contributed by atoms with Crippen molar-refractivity contribution in [3.63, 3.8) is 0 Å². The molecule has 2 unspecified atom stereocenters. The molecule has 0 radical (unpaired) electrons. The molecule has 1 fully saturated rings. The van der Waals surface area contributed by atoms with Crippen molar-refractivity contribution in [1.82, 2.24) is 4.90 Å². The van der Waals surface area contributed by atoms with Gasteiger partial charge in [0, 0.05) is 12.6 Å². The summed E-state index contributed by atoms with van der Waals surface area (Å²) in [6.45, 7) is 4.88. The first-order valence-electron chi connectivity index (χ1n) is 9.01. The lowest BCUT2D eigenvalue weighted by molar-refractivity contribution is -0.0402. The first-order valence-corrected chi connectivity index (χ1v) is 9.01. The maximum atomic E-state index is 5.85. The van der Waals surface area contributed by atoms with E-state index in [0.717, 1.165) is 32.6 Å². The highest BCUT2D eigenvalue weighted by atomic mass is 16.5. The molecule has 124 valence electrons. The van der Waals surface area contributed by atoms with Gasteiger partial charge in [-0.05, 0) is 35.1 Å². The Morgan fingerprint density at radius 3 is 2.62 bits per heavy atom. The molecule has 1 saturated heterocycles. The SMILES string of the molecule is CCc1cccc(C2=CC3COCC(C2)N3Cc2ccccc2)c1. The van der Waals surface area contributed by atoms with Gasteiger partial charge < -0.3 is 4.74 Å². The Hall–Kier alpha value is -1.90. The zero-order chi connectivity index (χ0) is 16.4. The lowest BCUT2D eigenvalue weighted by Gasteiger charge is -2.45. The van der Waals surface area contributed by atoms with Crippen LogP contribution in [-0.4, -0.2) is 30.2 Å². The van der Waals surface area contributed by atoms with Crippen LogP contribution in [0.1, 0.15) is 30.0 Å². The van der Waals surface area contributed by atoms with Crippen LogP contribution in [-0.2, 0) is 17.7 Å². The molecule has 4 rings (SSSR count). The van der Waals surface area contributed by atoms with Crippen molar-refractivity contribution in [1.29, 1.82) is 0 Å². The number of fused-ring (bicyclic) bond motifs is 2. The molecule has 2 aliphatic heterocycles. The van der Waals surface area contributed by atoms with Crippen LogP contribution >= 0.6 is 0 Å². The average molecular weight is 319 g/mol. The normalized spacial score (nSPS) is 23.8. The molecule has 2 aliphatic rings. The summed E-state index contributed by atoms with van der Waals surface area (Å²) in [5, 5.41) is 0. The Bertz CT molecular complexity index is 722. The molecule has 0 amide bonds. The van der Waals surface area contributed by atoms with Gasteiger partial charge in [0.15, 0.2) is 0 Å². The molecule has 2 heterocycles.